The van der Waals surface area contributed by atoms with E-state index in [4.69, 9.17) is 17.3 Å². The van der Waals surface area contributed by atoms with Gasteiger partial charge in [0, 0.05) is 5.41 Å². The second-order valence-corrected chi connectivity index (χ2v) is 4.63. The molecule has 1 rings (SSSR count). The molecule has 0 aromatic carbocycles. The molecule has 0 radical (unpaired) electrons. The number of carbonyl (C=O) groups is 1. The first-order valence-electron chi connectivity index (χ1n) is 4.39. The van der Waals surface area contributed by atoms with Crippen LogP contribution in [0, 0.1) is 5.82 Å². The summed E-state index contributed by atoms with van der Waals surface area (Å²) in [5.74, 6) is -0.655. The molecule has 0 spiro atoms. The van der Waals surface area contributed by atoms with E-state index < -0.39 is 11.2 Å². The van der Waals surface area contributed by atoms with Gasteiger partial charge in [-0.1, -0.05) is 32.4 Å². The first-order valence-corrected chi connectivity index (χ1v) is 4.77. The third-order valence-electron chi connectivity index (χ3n) is 1.96. The van der Waals surface area contributed by atoms with Crippen LogP contribution in [0.2, 0.25) is 5.02 Å². The van der Waals surface area contributed by atoms with Crippen molar-refractivity contribution in [3.8, 4) is 0 Å². The van der Waals surface area contributed by atoms with E-state index in [0.717, 1.165) is 0 Å². The summed E-state index contributed by atoms with van der Waals surface area (Å²) in [6.45, 7) is 5.33. The molecule has 0 saturated carbocycles. The highest BCUT2D eigenvalue weighted by atomic mass is 35.5. The second-order valence-electron chi connectivity index (χ2n) is 4.26. The van der Waals surface area contributed by atoms with Gasteiger partial charge in [-0.2, -0.15) is 0 Å². The van der Waals surface area contributed by atoms with Gasteiger partial charge in [-0.15, -0.1) is 0 Å². The van der Waals surface area contributed by atoms with Gasteiger partial charge in [0.15, 0.2) is 12.1 Å². The number of carbonyl (C=O) groups excluding carboxylic acids is 1. The minimum absolute atomic E-state index is 0.0273. The lowest BCUT2D eigenvalue weighted by Gasteiger charge is -2.20. The van der Waals surface area contributed by atoms with Gasteiger partial charge in [-0.3, -0.25) is 4.79 Å². The van der Waals surface area contributed by atoms with Crippen LogP contribution in [0.5, 0.6) is 0 Å². The molecule has 15 heavy (non-hydrogen) atoms. The number of aldehydes is 1. The fourth-order valence-electron chi connectivity index (χ4n) is 1.16. The average Bonchev–Trinajstić information content (AvgIpc) is 2.13. The van der Waals surface area contributed by atoms with Crippen LogP contribution >= 0.6 is 11.6 Å². The van der Waals surface area contributed by atoms with E-state index in [0.29, 0.717) is 6.29 Å². The molecule has 3 nitrogen and oxygen atoms in total. The molecule has 0 amide bonds. The van der Waals surface area contributed by atoms with Gasteiger partial charge in [0.2, 0.25) is 0 Å². The summed E-state index contributed by atoms with van der Waals surface area (Å²) in [4.78, 5) is 14.5. The summed E-state index contributed by atoms with van der Waals surface area (Å²) in [6.07, 6.45) is 0.466. The van der Waals surface area contributed by atoms with Gasteiger partial charge in [0.1, 0.15) is 5.69 Å². The quantitative estimate of drug-likeness (QED) is 0.755. The zero-order valence-corrected chi connectivity index (χ0v) is 9.52. The van der Waals surface area contributed by atoms with Crippen molar-refractivity contribution in [2.75, 3.05) is 5.73 Å². The predicted molar refractivity (Wildman–Crippen MR) is 57.7 cm³/mol. The van der Waals surface area contributed by atoms with Crippen molar-refractivity contribution in [3.05, 3.63) is 22.2 Å². The third kappa shape index (κ3) is 2.09. The molecule has 1 heterocycles. The summed E-state index contributed by atoms with van der Waals surface area (Å²) in [7, 11) is 0. The van der Waals surface area contributed by atoms with E-state index >= 15 is 0 Å². The lowest BCUT2D eigenvalue weighted by atomic mass is 9.90. The molecule has 0 unspecified atom stereocenters. The van der Waals surface area contributed by atoms with Crippen molar-refractivity contribution >= 4 is 23.6 Å². The lowest BCUT2D eigenvalue weighted by Crippen LogP contribution is -2.19. The molecule has 2 N–H and O–H groups in total. The second kappa shape index (κ2) is 3.77. The predicted octanol–water partition coefficient (Wildman–Crippen LogP) is 2.57. The number of pyridine rings is 1. The van der Waals surface area contributed by atoms with E-state index in [-0.39, 0.29) is 22.1 Å². The Kier molecular flexibility index (Phi) is 3.00. The van der Waals surface area contributed by atoms with Crippen LogP contribution in [0.1, 0.15) is 37.0 Å². The molecule has 82 valence electrons. The van der Waals surface area contributed by atoms with Crippen molar-refractivity contribution in [2.45, 2.75) is 26.2 Å². The maximum atomic E-state index is 13.7. The number of nitrogens with two attached hydrogens (primary N) is 1. The number of nitrogen functional groups attached to an aromatic ring is 1. The third-order valence-corrected chi connectivity index (χ3v) is 2.36. The molecule has 5 heteroatoms. The van der Waals surface area contributed by atoms with Crippen LogP contribution < -0.4 is 5.73 Å². The summed E-state index contributed by atoms with van der Waals surface area (Å²) in [5, 5.41) is -0.129. The standard InChI is InChI=1S/C10H12ClFN2O/c1-10(2,3)9-7(12)8(13)6(11)5(4-15)14-9/h4H,1-3H3,(H2,13,14). The molecule has 0 atom stereocenters. The monoisotopic (exact) mass is 230 g/mol. The zero-order chi connectivity index (χ0) is 11.8. The molecule has 0 aliphatic rings. The minimum atomic E-state index is -0.655. The van der Waals surface area contributed by atoms with Crippen molar-refractivity contribution < 1.29 is 9.18 Å². The van der Waals surface area contributed by atoms with Crippen LogP contribution in [0.25, 0.3) is 0 Å². The topological polar surface area (TPSA) is 56.0 Å². The van der Waals surface area contributed by atoms with Gasteiger partial charge in [-0.25, -0.2) is 9.37 Å². The summed E-state index contributed by atoms with van der Waals surface area (Å²) in [5.41, 5.74) is 4.82. The van der Waals surface area contributed by atoms with Crippen LogP contribution in [0.4, 0.5) is 10.1 Å². The Morgan fingerprint density at radius 1 is 1.47 bits per heavy atom. The number of halogens is 2. The molecule has 1 aromatic rings. The molecule has 0 aliphatic heterocycles. The Morgan fingerprint density at radius 3 is 2.40 bits per heavy atom. The zero-order valence-electron chi connectivity index (χ0n) is 8.77. The molecule has 0 bridgehead atoms. The molecular formula is C10H12ClFN2O. The highest BCUT2D eigenvalue weighted by molar-refractivity contribution is 6.35. The van der Waals surface area contributed by atoms with Gasteiger partial charge < -0.3 is 5.73 Å². The Bertz CT molecular complexity index is 413. The Morgan fingerprint density at radius 2 is 2.00 bits per heavy atom. The first kappa shape index (κ1) is 11.9. The van der Waals surface area contributed by atoms with E-state index in [1.54, 1.807) is 20.8 Å². The van der Waals surface area contributed by atoms with E-state index in [9.17, 15) is 9.18 Å². The van der Waals surface area contributed by atoms with Crippen LogP contribution in [0.15, 0.2) is 0 Å². The highest BCUT2D eigenvalue weighted by Crippen LogP contribution is 2.31. The van der Waals surface area contributed by atoms with Crippen molar-refractivity contribution in [3.63, 3.8) is 0 Å². The summed E-state index contributed by atoms with van der Waals surface area (Å²) in [6, 6.07) is 0. The number of rotatable bonds is 1. The number of anilines is 1. The van der Waals surface area contributed by atoms with Crippen LogP contribution in [-0.4, -0.2) is 11.3 Å². The number of hydrogen-bond donors (Lipinski definition) is 1. The largest absolute Gasteiger partial charge is 0.395 e. The molecule has 0 saturated heterocycles. The smallest absolute Gasteiger partial charge is 0.170 e. The van der Waals surface area contributed by atoms with Gasteiger partial charge >= 0.3 is 0 Å². The Hall–Kier alpha value is -1.16. The van der Waals surface area contributed by atoms with E-state index in [2.05, 4.69) is 4.98 Å². The van der Waals surface area contributed by atoms with Crippen LogP contribution in [0.3, 0.4) is 0 Å². The first-order chi connectivity index (χ1) is 6.79. The number of nitrogens with zero attached hydrogens (tertiary/aromatic N) is 1. The van der Waals surface area contributed by atoms with E-state index in [1.165, 1.54) is 0 Å². The summed E-state index contributed by atoms with van der Waals surface area (Å²) < 4.78 is 13.7. The van der Waals surface area contributed by atoms with Gasteiger partial charge in [0.25, 0.3) is 0 Å². The van der Waals surface area contributed by atoms with Gasteiger partial charge in [-0.05, 0) is 0 Å². The van der Waals surface area contributed by atoms with Crippen molar-refractivity contribution in [1.82, 2.24) is 4.98 Å². The maximum Gasteiger partial charge on any atom is 0.170 e. The Labute approximate surface area is 92.4 Å². The molecule has 0 aliphatic carbocycles. The van der Waals surface area contributed by atoms with Gasteiger partial charge in [0.05, 0.1) is 16.4 Å². The highest BCUT2D eigenvalue weighted by Gasteiger charge is 2.25. The maximum absolute atomic E-state index is 13.7. The molecular weight excluding hydrogens is 219 g/mol. The average molecular weight is 231 g/mol. The lowest BCUT2D eigenvalue weighted by molar-refractivity contribution is 0.111. The number of hydrogen-bond acceptors (Lipinski definition) is 3. The molecule has 1 aromatic heterocycles. The normalized spacial score (nSPS) is 11.5. The molecule has 0 fully saturated rings. The number of aromatic nitrogens is 1. The fourth-order valence-corrected chi connectivity index (χ4v) is 1.33. The SMILES string of the molecule is CC(C)(C)c1nc(C=O)c(Cl)c(N)c1F. The fraction of sp³-hybridized carbons (Fsp3) is 0.400. The van der Waals surface area contributed by atoms with Crippen molar-refractivity contribution in [1.29, 1.82) is 0 Å². The minimum Gasteiger partial charge on any atom is -0.395 e. The van der Waals surface area contributed by atoms with Crippen molar-refractivity contribution in [2.24, 2.45) is 0 Å². The Balaban J connectivity index is 3.56. The van der Waals surface area contributed by atoms with E-state index in [1.807, 2.05) is 0 Å². The summed E-state index contributed by atoms with van der Waals surface area (Å²) >= 11 is 5.66. The van der Waals surface area contributed by atoms with Crippen LogP contribution in [-0.2, 0) is 5.41 Å².